The van der Waals surface area contributed by atoms with Crippen molar-refractivity contribution in [2.24, 2.45) is 0 Å². The van der Waals surface area contributed by atoms with E-state index in [4.69, 9.17) is 11.6 Å². The van der Waals surface area contributed by atoms with E-state index in [0.29, 0.717) is 22.8 Å². The van der Waals surface area contributed by atoms with Crippen molar-refractivity contribution in [2.45, 2.75) is 70.9 Å². The van der Waals surface area contributed by atoms with Crippen molar-refractivity contribution in [3.8, 4) is 0 Å². The summed E-state index contributed by atoms with van der Waals surface area (Å²) in [7, 11) is -4.12. The van der Waals surface area contributed by atoms with Crippen LogP contribution in [0.3, 0.4) is 0 Å². The number of unbranched alkanes of at least 4 members (excludes halogenated alkanes) is 1. The number of nitrogens with one attached hydrogen (secondary N) is 1. The summed E-state index contributed by atoms with van der Waals surface area (Å²) in [4.78, 5) is 28.6. The number of hydrogen-bond donors (Lipinski definition) is 1. The second kappa shape index (κ2) is 14.5. The Morgan fingerprint density at radius 1 is 0.927 bits per heavy atom. The van der Waals surface area contributed by atoms with E-state index in [1.54, 1.807) is 55.5 Å². The van der Waals surface area contributed by atoms with Crippen molar-refractivity contribution >= 4 is 39.1 Å². The Hall–Kier alpha value is -3.36. The van der Waals surface area contributed by atoms with Gasteiger partial charge in [0.25, 0.3) is 10.0 Å². The van der Waals surface area contributed by atoms with Gasteiger partial charge in [0, 0.05) is 18.1 Å². The Morgan fingerprint density at radius 2 is 1.56 bits per heavy atom. The van der Waals surface area contributed by atoms with Crippen LogP contribution in [0.5, 0.6) is 0 Å². The maximum absolute atomic E-state index is 14.0. The van der Waals surface area contributed by atoms with Crippen LogP contribution >= 0.6 is 11.6 Å². The van der Waals surface area contributed by atoms with Crippen LogP contribution in [0.25, 0.3) is 0 Å². The van der Waals surface area contributed by atoms with Gasteiger partial charge in [0.2, 0.25) is 11.8 Å². The number of hydrogen-bond acceptors (Lipinski definition) is 4. The maximum Gasteiger partial charge on any atom is 0.264 e. The van der Waals surface area contributed by atoms with E-state index >= 15 is 0 Å². The van der Waals surface area contributed by atoms with Gasteiger partial charge in [0.05, 0.1) is 10.6 Å². The third-order valence-corrected chi connectivity index (χ3v) is 9.19. The molecule has 1 atom stereocenters. The first-order valence-corrected chi connectivity index (χ1v) is 15.8. The molecule has 0 radical (unpaired) electrons. The summed E-state index contributed by atoms with van der Waals surface area (Å²) in [5.41, 5.74) is 2.98. The SMILES string of the molecule is CCCCNC(=O)C(C)N(Cc1ccccc1Cl)C(=O)CN(c1ccc(C(C)C)cc1)S(=O)(=O)c1ccc(C)cc1. The van der Waals surface area contributed by atoms with Crippen molar-refractivity contribution < 1.29 is 18.0 Å². The molecule has 0 saturated heterocycles. The Labute approximate surface area is 249 Å². The van der Waals surface area contributed by atoms with Crippen LogP contribution in [-0.4, -0.2) is 44.3 Å². The summed E-state index contributed by atoms with van der Waals surface area (Å²) in [6.45, 7) is 9.70. The predicted octanol–water partition coefficient (Wildman–Crippen LogP) is 6.30. The second-order valence-corrected chi connectivity index (χ2v) is 12.8. The zero-order valence-electron chi connectivity index (χ0n) is 24.4. The van der Waals surface area contributed by atoms with Gasteiger partial charge in [-0.3, -0.25) is 13.9 Å². The number of halogens is 1. The van der Waals surface area contributed by atoms with Crippen molar-refractivity contribution in [2.75, 3.05) is 17.4 Å². The molecule has 1 unspecified atom stereocenters. The molecule has 7 nitrogen and oxygen atoms in total. The molecule has 0 aromatic heterocycles. The monoisotopic (exact) mass is 597 g/mol. The van der Waals surface area contributed by atoms with E-state index in [2.05, 4.69) is 19.2 Å². The van der Waals surface area contributed by atoms with Crippen LogP contribution in [0.2, 0.25) is 5.02 Å². The predicted molar refractivity (Wildman–Crippen MR) is 166 cm³/mol. The number of carbonyl (C=O) groups is 2. The van der Waals surface area contributed by atoms with Crippen molar-refractivity contribution in [1.29, 1.82) is 0 Å². The number of nitrogens with zero attached hydrogens (tertiary/aromatic N) is 2. The van der Waals surface area contributed by atoms with E-state index in [0.717, 1.165) is 28.3 Å². The van der Waals surface area contributed by atoms with E-state index in [1.807, 2.05) is 26.0 Å². The van der Waals surface area contributed by atoms with E-state index in [9.17, 15) is 18.0 Å². The number of rotatable bonds is 13. The maximum atomic E-state index is 14.0. The molecule has 0 bridgehead atoms. The van der Waals surface area contributed by atoms with Gasteiger partial charge in [-0.25, -0.2) is 8.42 Å². The molecule has 2 amide bonds. The van der Waals surface area contributed by atoms with Crippen LogP contribution in [0.4, 0.5) is 5.69 Å². The normalized spacial score (nSPS) is 12.2. The summed E-state index contributed by atoms with van der Waals surface area (Å²) in [6.07, 6.45) is 1.73. The van der Waals surface area contributed by atoms with Crippen LogP contribution in [-0.2, 0) is 26.2 Å². The lowest BCUT2D eigenvalue weighted by molar-refractivity contribution is -0.139. The minimum absolute atomic E-state index is 0.0472. The average Bonchev–Trinajstić information content (AvgIpc) is 2.95. The van der Waals surface area contributed by atoms with E-state index in [1.165, 1.54) is 17.0 Å². The summed E-state index contributed by atoms with van der Waals surface area (Å²) >= 11 is 6.42. The van der Waals surface area contributed by atoms with Crippen LogP contribution < -0.4 is 9.62 Å². The van der Waals surface area contributed by atoms with E-state index < -0.39 is 28.5 Å². The summed E-state index contributed by atoms with van der Waals surface area (Å²) in [6, 6.07) is 19.9. The number of aryl methyl sites for hydroxylation is 1. The third-order valence-electron chi connectivity index (χ3n) is 7.03. The standard InChI is InChI=1S/C32H40ClN3O4S/c1-6-7-20-34-32(38)25(5)35(21-27-10-8-9-11-30(27)33)31(37)22-36(28-16-14-26(15-17-28)23(2)3)41(39,40)29-18-12-24(4)13-19-29/h8-19,23,25H,6-7,20-22H2,1-5H3,(H,34,38). The van der Waals surface area contributed by atoms with Gasteiger partial charge in [-0.1, -0.05) is 86.8 Å². The van der Waals surface area contributed by atoms with Crippen LogP contribution in [0.15, 0.2) is 77.7 Å². The lowest BCUT2D eigenvalue weighted by Gasteiger charge is -2.32. The fraction of sp³-hybridized carbons (Fsp3) is 0.375. The van der Waals surface area contributed by atoms with E-state index in [-0.39, 0.29) is 23.3 Å². The molecule has 0 heterocycles. The first-order chi connectivity index (χ1) is 19.4. The molecule has 3 aromatic rings. The molecule has 3 rings (SSSR count). The molecule has 220 valence electrons. The molecule has 3 aromatic carbocycles. The molecule has 0 aliphatic rings. The third kappa shape index (κ3) is 8.33. The largest absolute Gasteiger partial charge is 0.354 e. The molecular weight excluding hydrogens is 558 g/mol. The second-order valence-electron chi connectivity index (χ2n) is 10.5. The van der Waals surface area contributed by atoms with Gasteiger partial charge in [0.1, 0.15) is 12.6 Å². The molecular formula is C32H40ClN3O4S. The highest BCUT2D eigenvalue weighted by Crippen LogP contribution is 2.27. The average molecular weight is 598 g/mol. The fourth-order valence-corrected chi connectivity index (χ4v) is 5.93. The highest BCUT2D eigenvalue weighted by atomic mass is 35.5. The number of carbonyl (C=O) groups excluding carboxylic acids is 2. The summed E-state index contributed by atoms with van der Waals surface area (Å²) in [5.74, 6) is -0.578. The lowest BCUT2D eigenvalue weighted by atomic mass is 10.0. The van der Waals surface area contributed by atoms with Gasteiger partial charge in [-0.05, 0) is 67.6 Å². The van der Waals surface area contributed by atoms with Crippen molar-refractivity contribution in [1.82, 2.24) is 10.2 Å². The van der Waals surface area contributed by atoms with Gasteiger partial charge in [0.15, 0.2) is 0 Å². The first-order valence-electron chi connectivity index (χ1n) is 14.0. The van der Waals surface area contributed by atoms with Crippen LogP contribution in [0, 0.1) is 6.92 Å². The molecule has 0 aliphatic heterocycles. The minimum Gasteiger partial charge on any atom is -0.354 e. The highest BCUT2D eigenvalue weighted by Gasteiger charge is 2.32. The molecule has 1 N–H and O–H groups in total. The van der Waals surface area contributed by atoms with Gasteiger partial charge in [-0.15, -0.1) is 0 Å². The molecule has 0 spiro atoms. The van der Waals surface area contributed by atoms with Crippen molar-refractivity contribution in [3.63, 3.8) is 0 Å². The minimum atomic E-state index is -4.12. The number of amides is 2. The van der Waals surface area contributed by atoms with Gasteiger partial charge >= 0.3 is 0 Å². The topological polar surface area (TPSA) is 86.8 Å². The number of benzene rings is 3. The zero-order valence-corrected chi connectivity index (χ0v) is 26.0. The Bertz CT molecular complexity index is 1420. The zero-order chi connectivity index (χ0) is 30.2. The highest BCUT2D eigenvalue weighted by molar-refractivity contribution is 7.92. The lowest BCUT2D eigenvalue weighted by Crippen LogP contribution is -2.51. The molecule has 0 saturated carbocycles. The quantitative estimate of drug-likeness (QED) is 0.234. The van der Waals surface area contributed by atoms with Crippen LogP contribution in [0.1, 0.15) is 63.1 Å². The number of anilines is 1. The van der Waals surface area contributed by atoms with Crippen molar-refractivity contribution in [3.05, 3.63) is 94.5 Å². The van der Waals surface area contributed by atoms with Gasteiger partial charge < -0.3 is 10.2 Å². The Morgan fingerprint density at radius 3 is 2.15 bits per heavy atom. The molecule has 41 heavy (non-hydrogen) atoms. The molecule has 9 heteroatoms. The Kier molecular flexibility index (Phi) is 11.4. The summed E-state index contributed by atoms with van der Waals surface area (Å²) < 4.78 is 29.0. The Balaban J connectivity index is 2.03. The smallest absolute Gasteiger partial charge is 0.264 e. The molecule has 0 fully saturated rings. The fourth-order valence-electron chi connectivity index (χ4n) is 4.32. The van der Waals surface area contributed by atoms with Gasteiger partial charge in [-0.2, -0.15) is 0 Å². The summed E-state index contributed by atoms with van der Waals surface area (Å²) in [5, 5.41) is 3.34. The first kappa shape index (κ1) is 32.2. The molecule has 0 aliphatic carbocycles. The number of sulfonamides is 1.